The topological polar surface area (TPSA) is 92.5 Å². The molecule has 0 aliphatic rings. The molecule has 0 saturated carbocycles. The van der Waals surface area contributed by atoms with Crippen molar-refractivity contribution in [2.45, 2.75) is 6.92 Å². The third-order valence-electron chi connectivity index (χ3n) is 4.25. The normalized spacial score (nSPS) is 11.7. The number of aromatic nitrogens is 3. The highest BCUT2D eigenvalue weighted by atomic mass is 79.9. The number of fused-ring (bicyclic) bond motifs is 3. The number of ether oxygens (including phenoxy) is 1. The Hall–Kier alpha value is -3.13. The Labute approximate surface area is 162 Å². The lowest BCUT2D eigenvalue weighted by Crippen LogP contribution is -2.20. The molecule has 0 amide bonds. The maximum absolute atomic E-state index is 12.9. The van der Waals surface area contributed by atoms with Crippen LogP contribution in [0.4, 0.5) is 0 Å². The SMILES string of the molecule is COc1cc(/C=N/n2c(C)nc3c([nH]c4ccc(Br)cc43)c2=O)ccc1O. The second kappa shape index (κ2) is 6.55. The molecule has 0 atom stereocenters. The summed E-state index contributed by atoms with van der Waals surface area (Å²) in [5.41, 5.74) is 2.24. The molecule has 2 heterocycles. The number of nitrogens with one attached hydrogen (secondary N) is 1. The number of hydrogen-bond donors (Lipinski definition) is 2. The van der Waals surface area contributed by atoms with Crippen LogP contribution >= 0.6 is 15.9 Å². The zero-order valence-corrected chi connectivity index (χ0v) is 16.1. The van der Waals surface area contributed by atoms with Crippen LogP contribution in [0.5, 0.6) is 11.5 Å². The number of H-pyrrole nitrogens is 1. The van der Waals surface area contributed by atoms with Gasteiger partial charge in [0.1, 0.15) is 16.9 Å². The summed E-state index contributed by atoms with van der Waals surface area (Å²) in [6, 6.07) is 10.5. The molecule has 8 heteroatoms. The maximum atomic E-state index is 12.9. The zero-order chi connectivity index (χ0) is 19.1. The van der Waals surface area contributed by atoms with E-state index in [2.05, 4.69) is 31.0 Å². The average molecular weight is 427 g/mol. The molecule has 0 fully saturated rings. The summed E-state index contributed by atoms with van der Waals surface area (Å²) in [7, 11) is 1.47. The van der Waals surface area contributed by atoms with Gasteiger partial charge in [0.05, 0.1) is 13.3 Å². The molecule has 27 heavy (non-hydrogen) atoms. The summed E-state index contributed by atoms with van der Waals surface area (Å²) in [5.74, 6) is 0.837. The third kappa shape index (κ3) is 2.97. The standard InChI is InChI=1S/C19H15BrN4O3/c1-10-22-17-13-8-12(20)4-5-14(13)23-18(17)19(26)24(10)21-9-11-3-6-15(25)16(7-11)27-2/h3-9,23,25H,1-2H3/b21-9+. The largest absolute Gasteiger partial charge is 0.504 e. The molecule has 0 aliphatic carbocycles. The summed E-state index contributed by atoms with van der Waals surface area (Å²) in [4.78, 5) is 20.6. The van der Waals surface area contributed by atoms with Crippen molar-refractivity contribution in [3.8, 4) is 11.5 Å². The monoisotopic (exact) mass is 426 g/mol. The Morgan fingerprint density at radius 1 is 1.30 bits per heavy atom. The summed E-state index contributed by atoms with van der Waals surface area (Å²) in [6.07, 6.45) is 1.52. The van der Waals surface area contributed by atoms with Gasteiger partial charge in [0.15, 0.2) is 11.5 Å². The summed E-state index contributed by atoms with van der Waals surface area (Å²) < 4.78 is 7.24. The van der Waals surface area contributed by atoms with E-state index in [0.717, 1.165) is 15.4 Å². The molecule has 2 aromatic carbocycles. The van der Waals surface area contributed by atoms with Crippen molar-refractivity contribution in [2.24, 2.45) is 5.10 Å². The van der Waals surface area contributed by atoms with Crippen molar-refractivity contribution < 1.29 is 9.84 Å². The highest BCUT2D eigenvalue weighted by molar-refractivity contribution is 9.10. The van der Waals surface area contributed by atoms with Crippen molar-refractivity contribution in [2.75, 3.05) is 7.11 Å². The predicted octanol–water partition coefficient (Wildman–Crippen LogP) is 3.55. The third-order valence-corrected chi connectivity index (χ3v) is 4.74. The molecule has 2 aromatic heterocycles. The number of phenolic OH excluding ortho intramolecular Hbond substituents is 1. The number of halogens is 1. The number of rotatable bonds is 3. The minimum Gasteiger partial charge on any atom is -0.504 e. The van der Waals surface area contributed by atoms with Crippen LogP contribution in [0.2, 0.25) is 0 Å². The van der Waals surface area contributed by atoms with Crippen LogP contribution in [0.3, 0.4) is 0 Å². The molecule has 4 rings (SSSR count). The van der Waals surface area contributed by atoms with Crippen LogP contribution in [-0.4, -0.2) is 33.1 Å². The Morgan fingerprint density at radius 2 is 2.11 bits per heavy atom. The quantitative estimate of drug-likeness (QED) is 0.490. The van der Waals surface area contributed by atoms with Crippen LogP contribution < -0.4 is 10.3 Å². The Morgan fingerprint density at radius 3 is 2.89 bits per heavy atom. The summed E-state index contributed by atoms with van der Waals surface area (Å²) in [6.45, 7) is 1.73. The van der Waals surface area contributed by atoms with Crippen LogP contribution in [-0.2, 0) is 0 Å². The highest BCUT2D eigenvalue weighted by Gasteiger charge is 2.13. The lowest BCUT2D eigenvalue weighted by Gasteiger charge is -2.05. The van der Waals surface area contributed by atoms with Gasteiger partial charge in [-0.25, -0.2) is 4.98 Å². The number of phenols is 1. The van der Waals surface area contributed by atoms with Gasteiger partial charge in [0.25, 0.3) is 5.56 Å². The first-order valence-corrected chi connectivity index (χ1v) is 8.89. The van der Waals surface area contributed by atoms with Gasteiger partial charge in [-0.2, -0.15) is 9.78 Å². The number of benzene rings is 2. The van der Waals surface area contributed by atoms with Crippen LogP contribution in [0.1, 0.15) is 11.4 Å². The van der Waals surface area contributed by atoms with Crippen molar-refractivity contribution in [1.29, 1.82) is 0 Å². The lowest BCUT2D eigenvalue weighted by molar-refractivity contribution is 0.373. The molecule has 2 N–H and O–H groups in total. The molecule has 0 bridgehead atoms. The van der Waals surface area contributed by atoms with Gasteiger partial charge in [0.2, 0.25) is 0 Å². The van der Waals surface area contributed by atoms with E-state index in [0.29, 0.717) is 28.2 Å². The minimum absolute atomic E-state index is 0.0373. The van der Waals surface area contributed by atoms with Crippen molar-refractivity contribution in [1.82, 2.24) is 14.6 Å². The zero-order valence-electron chi connectivity index (χ0n) is 14.5. The van der Waals surface area contributed by atoms with E-state index in [1.807, 2.05) is 18.2 Å². The van der Waals surface area contributed by atoms with Crippen LogP contribution in [0.15, 0.2) is 50.8 Å². The molecule has 0 aliphatic heterocycles. The van der Waals surface area contributed by atoms with E-state index >= 15 is 0 Å². The molecular formula is C19H15BrN4O3. The van der Waals surface area contributed by atoms with Crippen LogP contribution in [0.25, 0.3) is 21.9 Å². The molecule has 0 radical (unpaired) electrons. The second-order valence-electron chi connectivity index (χ2n) is 5.99. The molecule has 0 unspecified atom stereocenters. The minimum atomic E-state index is -0.285. The molecular weight excluding hydrogens is 412 g/mol. The number of nitrogens with zero attached hydrogens (tertiary/aromatic N) is 3. The fourth-order valence-corrected chi connectivity index (χ4v) is 3.28. The first-order valence-electron chi connectivity index (χ1n) is 8.10. The van der Waals surface area contributed by atoms with Gasteiger partial charge >= 0.3 is 0 Å². The number of aryl methyl sites for hydroxylation is 1. The fourth-order valence-electron chi connectivity index (χ4n) is 2.92. The van der Waals surface area contributed by atoms with E-state index in [1.165, 1.54) is 24.1 Å². The number of methoxy groups -OCH3 is 1. The van der Waals surface area contributed by atoms with Gasteiger partial charge in [-0.05, 0) is 48.9 Å². The molecule has 136 valence electrons. The number of hydrogen-bond acceptors (Lipinski definition) is 5. The maximum Gasteiger partial charge on any atom is 0.298 e. The predicted molar refractivity (Wildman–Crippen MR) is 108 cm³/mol. The second-order valence-corrected chi connectivity index (χ2v) is 6.91. The number of aromatic amines is 1. The Bertz CT molecular complexity index is 1270. The van der Waals surface area contributed by atoms with Crippen molar-refractivity contribution >= 4 is 44.1 Å². The van der Waals surface area contributed by atoms with Gasteiger partial charge < -0.3 is 14.8 Å². The van der Waals surface area contributed by atoms with Crippen molar-refractivity contribution in [3.63, 3.8) is 0 Å². The Balaban J connectivity index is 1.85. The van der Waals surface area contributed by atoms with E-state index in [4.69, 9.17) is 4.74 Å². The molecule has 4 aromatic rings. The Kier molecular flexibility index (Phi) is 4.19. The van der Waals surface area contributed by atoms with Crippen molar-refractivity contribution in [3.05, 3.63) is 62.6 Å². The first-order chi connectivity index (χ1) is 13.0. The van der Waals surface area contributed by atoms with Gasteiger partial charge in [-0.1, -0.05) is 15.9 Å². The average Bonchev–Trinajstić information content (AvgIpc) is 3.01. The first kappa shape index (κ1) is 17.3. The van der Waals surface area contributed by atoms with Gasteiger partial charge in [-0.3, -0.25) is 4.79 Å². The fraction of sp³-hybridized carbons (Fsp3) is 0.105. The molecule has 7 nitrogen and oxygen atoms in total. The van der Waals surface area contributed by atoms with E-state index in [9.17, 15) is 9.90 Å². The number of aromatic hydroxyl groups is 1. The molecule has 0 spiro atoms. The van der Waals surface area contributed by atoms with E-state index in [1.54, 1.807) is 19.1 Å². The molecule has 0 saturated heterocycles. The smallest absolute Gasteiger partial charge is 0.298 e. The van der Waals surface area contributed by atoms with E-state index < -0.39 is 0 Å². The summed E-state index contributed by atoms with van der Waals surface area (Å²) in [5, 5.41) is 14.8. The lowest BCUT2D eigenvalue weighted by atomic mass is 10.2. The van der Waals surface area contributed by atoms with Crippen LogP contribution in [0, 0.1) is 6.92 Å². The van der Waals surface area contributed by atoms with Gasteiger partial charge in [-0.15, -0.1) is 0 Å². The summed E-state index contributed by atoms with van der Waals surface area (Å²) >= 11 is 3.45. The van der Waals surface area contributed by atoms with Gasteiger partial charge in [0, 0.05) is 15.4 Å². The highest BCUT2D eigenvalue weighted by Crippen LogP contribution is 2.26. The van der Waals surface area contributed by atoms with E-state index in [-0.39, 0.29) is 11.3 Å².